The van der Waals surface area contributed by atoms with Crippen molar-refractivity contribution >= 4 is 5.91 Å². The number of rotatable bonds is 7. The first-order valence-electron chi connectivity index (χ1n) is 6.71. The predicted octanol–water partition coefficient (Wildman–Crippen LogP) is 2.77. The van der Waals surface area contributed by atoms with Gasteiger partial charge in [-0.05, 0) is 36.3 Å². The third-order valence-corrected chi connectivity index (χ3v) is 3.29. The quantitative estimate of drug-likeness (QED) is 0.729. The van der Waals surface area contributed by atoms with Crippen molar-refractivity contribution in [1.29, 1.82) is 0 Å². The Morgan fingerprint density at radius 3 is 2.50 bits per heavy atom. The number of benzene rings is 1. The van der Waals surface area contributed by atoms with E-state index in [2.05, 4.69) is 49.0 Å². The molecule has 2 N–H and O–H groups in total. The summed E-state index contributed by atoms with van der Waals surface area (Å²) in [5, 5.41) is 0. The van der Waals surface area contributed by atoms with Crippen LogP contribution in [0.5, 0.6) is 0 Å². The zero-order chi connectivity index (χ0) is 13.4. The van der Waals surface area contributed by atoms with Gasteiger partial charge >= 0.3 is 0 Å². The van der Waals surface area contributed by atoms with Crippen LogP contribution in [0.3, 0.4) is 0 Å². The van der Waals surface area contributed by atoms with Crippen LogP contribution in [0.25, 0.3) is 0 Å². The Balaban J connectivity index is 2.37. The molecular weight excluding hydrogens is 224 g/mol. The summed E-state index contributed by atoms with van der Waals surface area (Å²) >= 11 is 0. The normalized spacial score (nSPS) is 12.2. The van der Waals surface area contributed by atoms with Crippen molar-refractivity contribution < 1.29 is 4.79 Å². The molecule has 0 heterocycles. The minimum atomic E-state index is 0.0497. The van der Waals surface area contributed by atoms with E-state index in [9.17, 15) is 4.79 Å². The molecule has 1 amide bonds. The fraction of sp³-hybridized carbons (Fsp3) is 0.533. The molecule has 0 fully saturated rings. The van der Waals surface area contributed by atoms with Gasteiger partial charge < -0.3 is 0 Å². The molecule has 1 unspecified atom stereocenters. The van der Waals surface area contributed by atoms with Gasteiger partial charge in [0.1, 0.15) is 0 Å². The second-order valence-corrected chi connectivity index (χ2v) is 4.70. The lowest BCUT2D eigenvalue weighted by Gasteiger charge is -2.09. The van der Waals surface area contributed by atoms with Crippen molar-refractivity contribution in [2.24, 2.45) is 0 Å². The fourth-order valence-electron chi connectivity index (χ4n) is 1.90. The summed E-state index contributed by atoms with van der Waals surface area (Å²) in [5.41, 5.74) is 7.92. The second kappa shape index (κ2) is 7.88. The lowest BCUT2D eigenvalue weighted by atomic mass is 9.96. The molecule has 3 nitrogen and oxygen atoms in total. The summed E-state index contributed by atoms with van der Waals surface area (Å²) in [4.78, 5) is 11.2. The second-order valence-electron chi connectivity index (χ2n) is 4.70. The van der Waals surface area contributed by atoms with Gasteiger partial charge in [0.2, 0.25) is 5.91 Å². The molecule has 1 rings (SSSR count). The van der Waals surface area contributed by atoms with Crippen LogP contribution in [-0.2, 0) is 11.2 Å². The van der Waals surface area contributed by atoms with Gasteiger partial charge in [0.25, 0.3) is 0 Å². The number of hydrogen-bond donors (Lipinski definition) is 2. The monoisotopic (exact) mass is 248 g/mol. The first-order chi connectivity index (χ1) is 8.67. The minimum absolute atomic E-state index is 0.0497. The van der Waals surface area contributed by atoms with Gasteiger partial charge in [-0.1, -0.05) is 38.1 Å². The van der Waals surface area contributed by atoms with E-state index in [1.54, 1.807) is 7.05 Å². The third-order valence-electron chi connectivity index (χ3n) is 3.29. The molecule has 3 heteroatoms. The highest BCUT2D eigenvalue weighted by Gasteiger charge is 2.03. The van der Waals surface area contributed by atoms with Gasteiger partial charge in [-0.25, -0.2) is 5.43 Å². The molecule has 0 aliphatic carbocycles. The van der Waals surface area contributed by atoms with Gasteiger partial charge in [0, 0.05) is 13.5 Å². The zero-order valence-corrected chi connectivity index (χ0v) is 11.6. The molecule has 1 aromatic carbocycles. The average Bonchev–Trinajstić information content (AvgIpc) is 2.39. The Hall–Kier alpha value is -1.35. The van der Waals surface area contributed by atoms with Crippen LogP contribution in [0.4, 0.5) is 0 Å². The van der Waals surface area contributed by atoms with E-state index < -0.39 is 0 Å². The number of aryl methyl sites for hydroxylation is 1. The molecule has 0 aliphatic heterocycles. The summed E-state index contributed by atoms with van der Waals surface area (Å²) < 4.78 is 0. The largest absolute Gasteiger partial charge is 0.292 e. The van der Waals surface area contributed by atoms with Crippen molar-refractivity contribution in [3.05, 3.63) is 35.4 Å². The van der Waals surface area contributed by atoms with Gasteiger partial charge in [-0.15, -0.1) is 0 Å². The first kappa shape index (κ1) is 14.7. The van der Waals surface area contributed by atoms with Gasteiger partial charge in [0.15, 0.2) is 0 Å². The maximum atomic E-state index is 11.2. The van der Waals surface area contributed by atoms with E-state index >= 15 is 0 Å². The van der Waals surface area contributed by atoms with E-state index in [4.69, 9.17) is 0 Å². The molecule has 0 saturated heterocycles. The highest BCUT2D eigenvalue weighted by atomic mass is 16.2. The number of carbonyl (C=O) groups excluding carboxylic acids is 1. The molecule has 100 valence electrons. The van der Waals surface area contributed by atoms with Crippen LogP contribution in [0.1, 0.15) is 50.2 Å². The van der Waals surface area contributed by atoms with Crippen molar-refractivity contribution in [3.63, 3.8) is 0 Å². The molecule has 1 atom stereocenters. The summed E-state index contributed by atoms with van der Waals surface area (Å²) in [5.74, 6) is 0.675. The molecule has 0 radical (unpaired) electrons. The summed E-state index contributed by atoms with van der Waals surface area (Å²) in [6.07, 6.45) is 3.58. The van der Waals surface area contributed by atoms with E-state index in [0.717, 1.165) is 12.8 Å². The number of carbonyl (C=O) groups is 1. The van der Waals surface area contributed by atoms with Gasteiger partial charge in [0.05, 0.1) is 0 Å². The minimum Gasteiger partial charge on any atom is -0.292 e. The van der Waals surface area contributed by atoms with Crippen LogP contribution in [-0.4, -0.2) is 13.0 Å². The van der Waals surface area contributed by atoms with E-state index in [-0.39, 0.29) is 5.91 Å². The maximum Gasteiger partial charge on any atom is 0.234 e. The van der Waals surface area contributed by atoms with Crippen molar-refractivity contribution in [3.8, 4) is 0 Å². The molecule has 18 heavy (non-hydrogen) atoms. The molecule has 0 aromatic heterocycles. The van der Waals surface area contributed by atoms with Crippen molar-refractivity contribution in [1.82, 2.24) is 10.9 Å². The van der Waals surface area contributed by atoms with E-state index in [1.165, 1.54) is 17.5 Å². The Morgan fingerprint density at radius 2 is 1.94 bits per heavy atom. The Bertz CT molecular complexity index is 359. The van der Waals surface area contributed by atoms with Gasteiger partial charge in [-0.3, -0.25) is 10.2 Å². The van der Waals surface area contributed by atoms with Crippen molar-refractivity contribution in [2.75, 3.05) is 7.05 Å². The Kier molecular flexibility index (Phi) is 6.44. The smallest absolute Gasteiger partial charge is 0.234 e. The molecular formula is C15H24N2O. The van der Waals surface area contributed by atoms with E-state index in [1.807, 2.05) is 0 Å². The summed E-state index contributed by atoms with van der Waals surface area (Å²) in [7, 11) is 1.70. The van der Waals surface area contributed by atoms with Crippen LogP contribution >= 0.6 is 0 Å². The SMILES string of the molecule is CCC(C)c1ccc(CCCC(=O)NNC)cc1. The summed E-state index contributed by atoms with van der Waals surface area (Å²) in [6.45, 7) is 4.45. The molecule has 0 aliphatic rings. The van der Waals surface area contributed by atoms with Gasteiger partial charge in [-0.2, -0.15) is 0 Å². The molecule has 0 bridgehead atoms. The predicted molar refractivity (Wildman–Crippen MR) is 75.3 cm³/mol. The Labute approximate surface area is 110 Å². The number of hydrogen-bond acceptors (Lipinski definition) is 2. The lowest BCUT2D eigenvalue weighted by Crippen LogP contribution is -2.33. The third kappa shape index (κ3) is 4.88. The topological polar surface area (TPSA) is 41.1 Å². The van der Waals surface area contributed by atoms with Crippen LogP contribution in [0.15, 0.2) is 24.3 Å². The van der Waals surface area contributed by atoms with Crippen molar-refractivity contribution in [2.45, 2.75) is 45.4 Å². The number of hydrazine groups is 1. The van der Waals surface area contributed by atoms with Crippen LogP contribution < -0.4 is 10.9 Å². The maximum absolute atomic E-state index is 11.2. The average molecular weight is 248 g/mol. The summed E-state index contributed by atoms with van der Waals surface area (Å²) in [6, 6.07) is 8.77. The van der Waals surface area contributed by atoms with E-state index in [0.29, 0.717) is 12.3 Å². The highest BCUT2D eigenvalue weighted by molar-refractivity contribution is 5.75. The highest BCUT2D eigenvalue weighted by Crippen LogP contribution is 2.19. The zero-order valence-electron chi connectivity index (χ0n) is 11.6. The van der Waals surface area contributed by atoms with Crippen LogP contribution in [0.2, 0.25) is 0 Å². The molecule has 1 aromatic rings. The number of amides is 1. The molecule has 0 spiro atoms. The fourth-order valence-corrected chi connectivity index (χ4v) is 1.90. The molecule has 0 saturated carbocycles. The Morgan fingerprint density at radius 1 is 1.28 bits per heavy atom. The lowest BCUT2D eigenvalue weighted by molar-refractivity contribution is -0.122. The number of nitrogens with one attached hydrogen (secondary N) is 2. The first-order valence-corrected chi connectivity index (χ1v) is 6.71. The standard InChI is InChI=1S/C15H24N2O/c1-4-12(2)14-10-8-13(9-11-14)6-5-7-15(18)17-16-3/h8-12,16H,4-7H2,1-3H3,(H,17,18). The van der Waals surface area contributed by atoms with Crippen LogP contribution in [0, 0.1) is 0 Å².